The molecular formula is C15H20N4OS2. The van der Waals surface area contributed by atoms with Crippen molar-refractivity contribution in [2.45, 2.75) is 32.7 Å². The average molecular weight is 336 g/mol. The van der Waals surface area contributed by atoms with Crippen LogP contribution < -0.4 is 5.32 Å². The van der Waals surface area contributed by atoms with E-state index in [1.54, 1.807) is 22.7 Å². The monoisotopic (exact) mass is 336 g/mol. The molecule has 7 heteroatoms. The molecule has 1 N–H and O–H groups in total. The number of thiazole rings is 2. The first-order valence-corrected chi connectivity index (χ1v) is 9.20. The highest BCUT2D eigenvalue weighted by Gasteiger charge is 2.21. The largest absolute Gasteiger partial charge is 0.302 e. The van der Waals surface area contributed by atoms with Crippen molar-refractivity contribution in [3.8, 4) is 0 Å². The Labute approximate surface area is 138 Å². The maximum absolute atomic E-state index is 11.0. The Balaban J connectivity index is 1.53. The fraction of sp³-hybridized carbons (Fsp3) is 0.533. The summed E-state index contributed by atoms with van der Waals surface area (Å²) < 4.78 is 0. The van der Waals surface area contributed by atoms with Crippen LogP contribution in [0.2, 0.25) is 0 Å². The third-order valence-electron chi connectivity index (χ3n) is 3.79. The molecule has 2 aromatic rings. The van der Waals surface area contributed by atoms with Crippen molar-refractivity contribution in [2.75, 3.05) is 18.4 Å². The molecule has 1 aliphatic heterocycles. The maximum atomic E-state index is 11.0. The standard InChI is InChI=1S/C15H20N4OS2/c1-11(20)18-15-17-7-14(22-15)9-19-4-2-3-12(8-19)5-13-6-16-10-21-13/h6-7,10,12H,2-5,8-9H2,1H3,(H,17,18,20)/t12-/m0/s1. The minimum atomic E-state index is -0.0662. The molecular weight excluding hydrogens is 316 g/mol. The number of piperidine rings is 1. The van der Waals surface area contributed by atoms with E-state index >= 15 is 0 Å². The van der Waals surface area contributed by atoms with Crippen LogP contribution in [0.15, 0.2) is 17.9 Å². The van der Waals surface area contributed by atoms with E-state index in [1.807, 2.05) is 17.9 Å². The number of aromatic nitrogens is 2. The first-order valence-electron chi connectivity index (χ1n) is 7.51. The second kappa shape index (κ2) is 7.30. The Bertz CT molecular complexity index is 611. The van der Waals surface area contributed by atoms with E-state index in [1.165, 1.54) is 29.5 Å². The van der Waals surface area contributed by atoms with Crippen LogP contribution in [-0.4, -0.2) is 33.9 Å². The van der Waals surface area contributed by atoms with Crippen LogP contribution in [0, 0.1) is 5.92 Å². The lowest BCUT2D eigenvalue weighted by atomic mass is 9.94. The van der Waals surface area contributed by atoms with Crippen LogP contribution in [0.4, 0.5) is 5.13 Å². The number of likely N-dealkylation sites (tertiary alicyclic amines) is 1. The summed E-state index contributed by atoms with van der Waals surface area (Å²) in [7, 11) is 0. The Morgan fingerprint density at radius 2 is 2.36 bits per heavy atom. The minimum absolute atomic E-state index is 0.0662. The van der Waals surface area contributed by atoms with E-state index in [0.717, 1.165) is 32.0 Å². The van der Waals surface area contributed by atoms with Crippen LogP contribution in [0.5, 0.6) is 0 Å². The number of rotatable bonds is 5. The SMILES string of the molecule is CC(=O)Nc1ncc(CN2CCC[C@@H](Cc3cncs3)C2)s1. The molecule has 22 heavy (non-hydrogen) atoms. The third-order valence-corrected chi connectivity index (χ3v) is 5.49. The van der Waals surface area contributed by atoms with Crippen molar-refractivity contribution in [1.82, 2.24) is 14.9 Å². The number of anilines is 1. The number of carbonyl (C=O) groups excluding carboxylic acids is 1. The molecule has 0 unspecified atom stereocenters. The molecule has 5 nitrogen and oxygen atoms in total. The fourth-order valence-electron chi connectivity index (χ4n) is 2.90. The Morgan fingerprint density at radius 1 is 1.45 bits per heavy atom. The van der Waals surface area contributed by atoms with Crippen molar-refractivity contribution in [2.24, 2.45) is 5.92 Å². The number of hydrogen-bond donors (Lipinski definition) is 1. The van der Waals surface area contributed by atoms with Crippen molar-refractivity contribution >= 4 is 33.7 Å². The molecule has 1 fully saturated rings. The van der Waals surface area contributed by atoms with E-state index in [4.69, 9.17) is 0 Å². The molecule has 0 saturated carbocycles. The molecule has 3 rings (SSSR count). The van der Waals surface area contributed by atoms with Crippen LogP contribution in [-0.2, 0) is 17.8 Å². The van der Waals surface area contributed by atoms with Crippen LogP contribution in [0.25, 0.3) is 0 Å². The summed E-state index contributed by atoms with van der Waals surface area (Å²) in [5.41, 5.74) is 1.91. The lowest BCUT2D eigenvalue weighted by Crippen LogP contribution is -2.35. The summed E-state index contributed by atoms with van der Waals surface area (Å²) in [5, 5.41) is 3.44. The molecule has 0 aliphatic carbocycles. The molecule has 1 atom stereocenters. The molecule has 118 valence electrons. The van der Waals surface area contributed by atoms with Gasteiger partial charge in [-0.3, -0.25) is 14.7 Å². The van der Waals surface area contributed by atoms with Gasteiger partial charge in [-0.2, -0.15) is 0 Å². The summed E-state index contributed by atoms with van der Waals surface area (Å²) >= 11 is 3.32. The van der Waals surface area contributed by atoms with Gasteiger partial charge in [0.15, 0.2) is 5.13 Å². The summed E-state index contributed by atoms with van der Waals surface area (Å²) in [5.74, 6) is 0.653. The highest BCUT2D eigenvalue weighted by atomic mass is 32.1. The quantitative estimate of drug-likeness (QED) is 0.912. The van der Waals surface area contributed by atoms with E-state index in [-0.39, 0.29) is 5.91 Å². The van der Waals surface area contributed by atoms with Crippen molar-refractivity contribution < 1.29 is 4.79 Å². The Kier molecular flexibility index (Phi) is 5.17. The number of amides is 1. The molecule has 0 radical (unpaired) electrons. The van der Waals surface area contributed by atoms with Gasteiger partial charge >= 0.3 is 0 Å². The zero-order valence-corrected chi connectivity index (χ0v) is 14.3. The molecule has 0 spiro atoms. The van der Waals surface area contributed by atoms with E-state index in [0.29, 0.717) is 5.13 Å². The molecule has 0 bridgehead atoms. The van der Waals surface area contributed by atoms with Crippen molar-refractivity contribution in [1.29, 1.82) is 0 Å². The Morgan fingerprint density at radius 3 is 3.14 bits per heavy atom. The molecule has 0 aromatic carbocycles. The third kappa shape index (κ3) is 4.34. The van der Waals surface area contributed by atoms with E-state index in [2.05, 4.69) is 20.2 Å². The smallest absolute Gasteiger partial charge is 0.223 e. The first kappa shape index (κ1) is 15.6. The highest BCUT2D eigenvalue weighted by molar-refractivity contribution is 7.15. The summed E-state index contributed by atoms with van der Waals surface area (Å²) in [6.07, 6.45) is 7.56. The van der Waals surface area contributed by atoms with Crippen LogP contribution in [0.1, 0.15) is 29.5 Å². The highest BCUT2D eigenvalue weighted by Crippen LogP contribution is 2.25. The number of nitrogens with zero attached hydrogens (tertiary/aromatic N) is 3. The zero-order valence-electron chi connectivity index (χ0n) is 12.6. The summed E-state index contributed by atoms with van der Waals surface area (Å²) in [6, 6.07) is 0. The predicted molar refractivity (Wildman–Crippen MR) is 90.2 cm³/mol. The molecule has 1 aliphatic rings. The van der Waals surface area contributed by atoms with E-state index < -0.39 is 0 Å². The van der Waals surface area contributed by atoms with E-state index in [9.17, 15) is 4.79 Å². The first-order chi connectivity index (χ1) is 10.7. The second-order valence-electron chi connectivity index (χ2n) is 5.73. The zero-order chi connectivity index (χ0) is 15.4. The van der Waals surface area contributed by atoms with Gasteiger partial charge in [0.2, 0.25) is 5.91 Å². The van der Waals surface area contributed by atoms with Gasteiger partial charge in [0.1, 0.15) is 0 Å². The molecule has 2 aromatic heterocycles. The normalized spacial score (nSPS) is 19.2. The number of nitrogens with one attached hydrogen (secondary N) is 1. The number of hydrogen-bond acceptors (Lipinski definition) is 6. The topological polar surface area (TPSA) is 58.1 Å². The molecule has 1 amide bonds. The van der Waals surface area contributed by atoms with Gasteiger partial charge < -0.3 is 5.32 Å². The summed E-state index contributed by atoms with van der Waals surface area (Å²) in [6.45, 7) is 4.71. The number of carbonyl (C=O) groups is 1. The molecule has 3 heterocycles. The van der Waals surface area contributed by atoms with Crippen LogP contribution in [0.3, 0.4) is 0 Å². The second-order valence-corrected chi connectivity index (χ2v) is 7.81. The van der Waals surface area contributed by atoms with Crippen LogP contribution >= 0.6 is 22.7 Å². The predicted octanol–water partition coefficient (Wildman–Crippen LogP) is 3.01. The van der Waals surface area contributed by atoms with Gasteiger partial charge in [-0.05, 0) is 31.7 Å². The lowest BCUT2D eigenvalue weighted by Gasteiger charge is -2.32. The van der Waals surface area contributed by atoms with Gasteiger partial charge in [0, 0.05) is 42.2 Å². The molecule has 1 saturated heterocycles. The van der Waals surface area contributed by atoms with Gasteiger partial charge in [0.05, 0.1) is 5.51 Å². The van der Waals surface area contributed by atoms with Crippen molar-refractivity contribution in [3.63, 3.8) is 0 Å². The van der Waals surface area contributed by atoms with Gasteiger partial charge in [-0.25, -0.2) is 4.98 Å². The Hall–Kier alpha value is -1.31. The fourth-order valence-corrected chi connectivity index (χ4v) is 4.51. The van der Waals surface area contributed by atoms with Gasteiger partial charge in [-0.15, -0.1) is 22.7 Å². The lowest BCUT2D eigenvalue weighted by molar-refractivity contribution is -0.114. The summed E-state index contributed by atoms with van der Waals surface area (Å²) in [4.78, 5) is 24.6. The van der Waals surface area contributed by atoms with Gasteiger partial charge in [0.25, 0.3) is 0 Å². The maximum Gasteiger partial charge on any atom is 0.223 e. The van der Waals surface area contributed by atoms with Gasteiger partial charge in [-0.1, -0.05) is 0 Å². The van der Waals surface area contributed by atoms with Crippen molar-refractivity contribution in [3.05, 3.63) is 27.7 Å². The minimum Gasteiger partial charge on any atom is -0.302 e. The average Bonchev–Trinajstić information content (AvgIpc) is 3.11.